The number of nitrogens with one attached hydrogen (secondary N) is 1. The van der Waals surface area contributed by atoms with Gasteiger partial charge in [0.25, 0.3) is 0 Å². The van der Waals surface area contributed by atoms with Crippen LogP contribution < -0.4 is 10.1 Å². The summed E-state index contributed by atoms with van der Waals surface area (Å²) in [6, 6.07) is 12.2. The zero-order chi connectivity index (χ0) is 20.3. The molecule has 1 unspecified atom stereocenters. The van der Waals surface area contributed by atoms with Gasteiger partial charge in [0.2, 0.25) is 0 Å². The molecule has 0 spiro atoms. The van der Waals surface area contributed by atoms with Crippen molar-refractivity contribution in [2.45, 2.75) is 26.0 Å². The molecule has 1 atom stereocenters. The Balaban J connectivity index is 1.34. The average Bonchev–Trinajstić information content (AvgIpc) is 2.77. The van der Waals surface area contributed by atoms with Gasteiger partial charge in [-0.1, -0.05) is 25.1 Å². The number of nitrogens with zero attached hydrogens (tertiary/aromatic N) is 3. The molecule has 0 saturated carbocycles. The lowest BCUT2D eigenvalue weighted by Gasteiger charge is -2.34. The van der Waals surface area contributed by atoms with Gasteiger partial charge in [-0.3, -0.25) is 9.88 Å². The van der Waals surface area contributed by atoms with Crippen LogP contribution in [-0.2, 0) is 13.0 Å². The van der Waals surface area contributed by atoms with Gasteiger partial charge in [0.15, 0.2) is 0 Å². The highest BCUT2D eigenvalue weighted by molar-refractivity contribution is 5.28. The molecule has 3 rings (SSSR count). The van der Waals surface area contributed by atoms with Gasteiger partial charge >= 0.3 is 0 Å². The summed E-state index contributed by atoms with van der Waals surface area (Å²) in [6.45, 7) is 10.2. The number of benzene rings is 1. The van der Waals surface area contributed by atoms with E-state index in [1.807, 2.05) is 30.5 Å². The summed E-state index contributed by atoms with van der Waals surface area (Å²) in [4.78, 5) is 8.90. The summed E-state index contributed by atoms with van der Waals surface area (Å²) in [7, 11) is 0. The number of aliphatic hydroxyl groups excluding tert-OH is 1. The predicted octanol–water partition coefficient (Wildman–Crippen LogP) is 1.79. The Labute approximate surface area is 174 Å². The first-order chi connectivity index (χ1) is 14.2. The van der Waals surface area contributed by atoms with Gasteiger partial charge in [-0.05, 0) is 48.8 Å². The highest BCUT2D eigenvalue weighted by Gasteiger charge is 2.18. The molecule has 0 amide bonds. The summed E-state index contributed by atoms with van der Waals surface area (Å²) in [5.74, 6) is 0.811. The molecule has 1 aromatic carbocycles. The Bertz CT molecular complexity index is 705. The van der Waals surface area contributed by atoms with E-state index in [9.17, 15) is 5.11 Å². The van der Waals surface area contributed by atoms with E-state index >= 15 is 0 Å². The minimum absolute atomic E-state index is 0.325. The van der Waals surface area contributed by atoms with Gasteiger partial charge in [-0.2, -0.15) is 0 Å². The number of aromatic nitrogens is 1. The lowest BCUT2D eigenvalue weighted by atomic mass is 10.2. The molecule has 29 heavy (non-hydrogen) atoms. The van der Waals surface area contributed by atoms with Gasteiger partial charge < -0.3 is 20.1 Å². The molecule has 2 N–H and O–H groups in total. The molecule has 0 radical (unpaired) electrons. The fraction of sp³-hybridized carbons (Fsp3) is 0.522. The maximum Gasteiger partial charge on any atom is 0.119 e. The molecule has 0 bridgehead atoms. The Morgan fingerprint density at radius 1 is 1.10 bits per heavy atom. The van der Waals surface area contributed by atoms with E-state index < -0.39 is 6.10 Å². The van der Waals surface area contributed by atoms with Crippen LogP contribution in [0.15, 0.2) is 48.8 Å². The SMILES string of the molecule is CCN1CCN(CC(O)COc2cccc(CNCCc3cccnc3)c2)CC1. The van der Waals surface area contributed by atoms with Crippen molar-refractivity contribution in [1.82, 2.24) is 20.1 Å². The zero-order valence-electron chi connectivity index (χ0n) is 17.5. The Morgan fingerprint density at radius 2 is 1.90 bits per heavy atom. The minimum Gasteiger partial charge on any atom is -0.491 e. The summed E-state index contributed by atoms with van der Waals surface area (Å²) in [6.07, 6.45) is 4.20. The second kappa shape index (κ2) is 11.9. The molecular formula is C23H34N4O2. The molecule has 1 fully saturated rings. The van der Waals surface area contributed by atoms with Crippen LogP contribution in [-0.4, -0.2) is 78.4 Å². The monoisotopic (exact) mass is 398 g/mol. The summed E-state index contributed by atoms with van der Waals surface area (Å²) in [5, 5.41) is 13.8. The number of likely N-dealkylation sites (N-methyl/N-ethyl adjacent to an activating group) is 1. The van der Waals surface area contributed by atoms with Crippen LogP contribution in [0.2, 0.25) is 0 Å². The summed E-state index contributed by atoms with van der Waals surface area (Å²) in [5.41, 5.74) is 2.42. The minimum atomic E-state index is -0.468. The van der Waals surface area contributed by atoms with Crippen molar-refractivity contribution < 1.29 is 9.84 Å². The molecular weight excluding hydrogens is 364 g/mol. The summed E-state index contributed by atoms with van der Waals surface area (Å²) < 4.78 is 5.84. The normalized spacial score (nSPS) is 16.6. The molecule has 2 heterocycles. The molecule has 6 heteroatoms. The number of pyridine rings is 1. The number of ether oxygens (including phenoxy) is 1. The van der Waals surface area contributed by atoms with Gasteiger partial charge in [-0.25, -0.2) is 0 Å². The number of piperazine rings is 1. The smallest absolute Gasteiger partial charge is 0.119 e. The topological polar surface area (TPSA) is 60.9 Å². The first-order valence-electron chi connectivity index (χ1n) is 10.7. The Hall–Kier alpha value is -1.99. The van der Waals surface area contributed by atoms with Crippen LogP contribution in [0.5, 0.6) is 5.75 Å². The third-order valence-corrected chi connectivity index (χ3v) is 5.36. The molecule has 0 aliphatic carbocycles. The fourth-order valence-electron chi connectivity index (χ4n) is 3.59. The molecule has 1 aromatic heterocycles. The van der Waals surface area contributed by atoms with Crippen LogP contribution in [0.25, 0.3) is 0 Å². The Morgan fingerprint density at radius 3 is 2.66 bits per heavy atom. The second-order valence-corrected chi connectivity index (χ2v) is 7.64. The van der Waals surface area contributed by atoms with Crippen LogP contribution in [0.1, 0.15) is 18.1 Å². The lowest BCUT2D eigenvalue weighted by Crippen LogP contribution is -2.49. The predicted molar refractivity (Wildman–Crippen MR) is 116 cm³/mol. The van der Waals surface area contributed by atoms with E-state index in [1.165, 1.54) is 11.1 Å². The Kier molecular flexibility index (Phi) is 8.89. The number of hydrogen-bond donors (Lipinski definition) is 2. The first kappa shape index (κ1) is 21.7. The highest BCUT2D eigenvalue weighted by Crippen LogP contribution is 2.14. The molecule has 1 aliphatic heterocycles. The summed E-state index contributed by atoms with van der Waals surface area (Å²) >= 11 is 0. The molecule has 6 nitrogen and oxygen atoms in total. The zero-order valence-corrected chi connectivity index (χ0v) is 17.5. The third-order valence-electron chi connectivity index (χ3n) is 5.36. The van der Waals surface area contributed by atoms with E-state index in [0.717, 1.165) is 58.0 Å². The fourth-order valence-corrected chi connectivity index (χ4v) is 3.59. The molecule has 2 aromatic rings. The van der Waals surface area contributed by atoms with E-state index in [1.54, 1.807) is 6.20 Å². The number of aliphatic hydroxyl groups is 1. The van der Waals surface area contributed by atoms with Crippen molar-refractivity contribution in [3.63, 3.8) is 0 Å². The van der Waals surface area contributed by atoms with Crippen molar-refractivity contribution in [3.8, 4) is 5.75 Å². The third kappa shape index (κ3) is 7.74. The van der Waals surface area contributed by atoms with Gasteiger partial charge in [0, 0.05) is 51.7 Å². The maximum absolute atomic E-state index is 10.3. The molecule has 1 saturated heterocycles. The van der Waals surface area contributed by atoms with Crippen LogP contribution in [0.4, 0.5) is 0 Å². The van der Waals surface area contributed by atoms with Crippen molar-refractivity contribution in [1.29, 1.82) is 0 Å². The van der Waals surface area contributed by atoms with Crippen molar-refractivity contribution in [2.75, 3.05) is 52.4 Å². The molecule has 158 valence electrons. The van der Waals surface area contributed by atoms with Crippen LogP contribution >= 0.6 is 0 Å². The maximum atomic E-state index is 10.3. The van der Waals surface area contributed by atoms with Gasteiger partial charge in [-0.15, -0.1) is 0 Å². The lowest BCUT2D eigenvalue weighted by molar-refractivity contribution is 0.0471. The van der Waals surface area contributed by atoms with E-state index in [0.29, 0.717) is 13.2 Å². The average molecular weight is 399 g/mol. The first-order valence-corrected chi connectivity index (χ1v) is 10.7. The second-order valence-electron chi connectivity index (χ2n) is 7.64. The quantitative estimate of drug-likeness (QED) is 0.563. The van der Waals surface area contributed by atoms with E-state index in [2.05, 4.69) is 39.2 Å². The number of β-amino-alcohol motifs (C(OH)–C–C–N with tert-alkyl or cyclic N) is 1. The highest BCUT2D eigenvalue weighted by atomic mass is 16.5. The largest absolute Gasteiger partial charge is 0.491 e. The van der Waals surface area contributed by atoms with Gasteiger partial charge in [0.05, 0.1) is 0 Å². The van der Waals surface area contributed by atoms with Crippen LogP contribution in [0, 0.1) is 0 Å². The van der Waals surface area contributed by atoms with Crippen LogP contribution in [0.3, 0.4) is 0 Å². The van der Waals surface area contributed by atoms with Crippen molar-refractivity contribution >= 4 is 0 Å². The van der Waals surface area contributed by atoms with E-state index in [4.69, 9.17) is 4.74 Å². The van der Waals surface area contributed by atoms with Gasteiger partial charge in [0.1, 0.15) is 18.5 Å². The van der Waals surface area contributed by atoms with E-state index in [-0.39, 0.29) is 0 Å². The van der Waals surface area contributed by atoms with Crippen molar-refractivity contribution in [2.24, 2.45) is 0 Å². The number of hydrogen-bond acceptors (Lipinski definition) is 6. The number of rotatable bonds is 11. The standard InChI is InChI=1S/C23H34N4O2/c1-2-26-11-13-27(14-12-26)18-22(28)19-29-23-7-3-5-21(15-23)17-25-10-8-20-6-4-9-24-16-20/h3-7,9,15-16,22,25,28H,2,8,10-14,17-19H2,1H3. The van der Waals surface area contributed by atoms with Crippen molar-refractivity contribution in [3.05, 3.63) is 59.9 Å². The molecule has 1 aliphatic rings.